The van der Waals surface area contributed by atoms with Crippen molar-refractivity contribution in [3.63, 3.8) is 0 Å². The Bertz CT molecular complexity index is 1570. The zero-order valence-electron chi connectivity index (χ0n) is 24.7. The second-order valence-electron chi connectivity index (χ2n) is 10.5. The number of hydrogen-bond acceptors (Lipinski definition) is 6. The van der Waals surface area contributed by atoms with Crippen molar-refractivity contribution < 1.29 is 0 Å². The van der Waals surface area contributed by atoms with E-state index in [9.17, 15) is 0 Å². The van der Waals surface area contributed by atoms with E-state index in [1.165, 1.54) is 11.1 Å². The third-order valence-corrected chi connectivity index (χ3v) is 7.74. The van der Waals surface area contributed by atoms with Crippen molar-refractivity contribution in [2.75, 3.05) is 14.1 Å². The van der Waals surface area contributed by atoms with Crippen molar-refractivity contribution in [1.82, 2.24) is 39.8 Å². The molecule has 0 bridgehead atoms. The lowest BCUT2D eigenvalue weighted by Gasteiger charge is -2.15. The highest BCUT2D eigenvalue weighted by Crippen LogP contribution is 2.17. The first-order chi connectivity index (χ1) is 21.4. The Kier molecular flexibility index (Phi) is 11.2. The van der Waals surface area contributed by atoms with Gasteiger partial charge < -0.3 is 0 Å². The lowest BCUT2D eigenvalue weighted by molar-refractivity contribution is 0.230. The Balaban J connectivity index is 0.000000175. The Labute approximate surface area is 275 Å². The molecule has 0 saturated carbocycles. The van der Waals surface area contributed by atoms with E-state index < -0.39 is 0 Å². The van der Waals surface area contributed by atoms with Crippen LogP contribution in [0.25, 0.3) is 22.5 Å². The molecule has 0 amide bonds. The topological polar surface area (TPSA) is 67.9 Å². The fraction of sp³-hybridized carbons (Fsp3) is 0.176. The molecule has 0 saturated heterocycles. The van der Waals surface area contributed by atoms with E-state index >= 15 is 0 Å². The molecule has 6 aromatic rings. The Morgan fingerprint density at radius 2 is 0.886 bits per heavy atom. The zero-order valence-corrected chi connectivity index (χ0v) is 27.9. The summed E-state index contributed by atoms with van der Waals surface area (Å²) in [4.78, 5) is 7.80. The van der Waals surface area contributed by atoms with Gasteiger partial charge in [-0.25, -0.2) is 0 Å². The maximum atomic E-state index is 4.53. The summed E-state index contributed by atoms with van der Waals surface area (Å²) in [6.45, 7) is 3.02. The number of rotatable bonds is 10. The highest BCUT2D eigenvalue weighted by Gasteiger charge is 2.08. The molecular weight excluding hydrogens is 680 g/mol. The number of aromatic nitrogens is 6. The first-order valence-electron chi connectivity index (χ1n) is 14.2. The van der Waals surface area contributed by atoms with Crippen LogP contribution < -0.4 is 0 Å². The third kappa shape index (κ3) is 9.52. The van der Waals surface area contributed by atoms with Crippen molar-refractivity contribution in [2.45, 2.75) is 26.4 Å². The molecule has 4 aromatic carbocycles. The maximum Gasteiger partial charge on any atom is 0.113 e. The van der Waals surface area contributed by atoms with E-state index in [-0.39, 0.29) is 0 Å². The predicted octanol–water partition coefficient (Wildman–Crippen LogP) is 7.59. The molecule has 0 fully saturated rings. The number of halogens is 2. The molecule has 224 valence electrons. The summed E-state index contributed by atoms with van der Waals surface area (Å²) in [6.07, 6.45) is 3.62. The quantitative estimate of drug-likeness (QED) is 0.146. The van der Waals surface area contributed by atoms with Gasteiger partial charge in [-0.2, -0.15) is 30.0 Å². The van der Waals surface area contributed by atoms with Crippen LogP contribution >= 0.6 is 31.9 Å². The summed E-state index contributed by atoms with van der Waals surface area (Å²) < 4.78 is 2.19. The van der Waals surface area contributed by atoms with Gasteiger partial charge in [-0.3, -0.25) is 9.80 Å². The summed E-state index contributed by atoms with van der Waals surface area (Å²) in [5, 5.41) is 17.8. The first kappa shape index (κ1) is 31.5. The van der Waals surface area contributed by atoms with Crippen molar-refractivity contribution in [3.8, 4) is 22.5 Å². The van der Waals surface area contributed by atoms with Gasteiger partial charge in [-0.15, -0.1) is 0 Å². The highest BCUT2D eigenvalue weighted by atomic mass is 79.9. The predicted molar refractivity (Wildman–Crippen MR) is 182 cm³/mol. The van der Waals surface area contributed by atoms with Crippen molar-refractivity contribution in [2.24, 2.45) is 0 Å². The smallest absolute Gasteiger partial charge is 0.113 e. The minimum atomic E-state index is 0.656. The largest absolute Gasteiger partial charge is 0.282 e. The molecule has 0 radical (unpaired) electrons. The molecule has 0 spiro atoms. The van der Waals surface area contributed by atoms with Gasteiger partial charge in [0.05, 0.1) is 12.4 Å². The molecule has 44 heavy (non-hydrogen) atoms. The molecule has 0 aliphatic carbocycles. The average molecular weight is 715 g/mol. The van der Waals surface area contributed by atoms with Crippen LogP contribution in [0.2, 0.25) is 0 Å². The van der Waals surface area contributed by atoms with E-state index in [1.807, 2.05) is 73.1 Å². The maximum absolute atomic E-state index is 4.53. The molecule has 0 atom stereocenters. The van der Waals surface area contributed by atoms with Gasteiger partial charge in [0.15, 0.2) is 0 Å². The average Bonchev–Trinajstić information content (AvgIpc) is 3.71. The molecule has 10 heteroatoms. The summed E-state index contributed by atoms with van der Waals surface area (Å²) >= 11 is 6.91. The van der Waals surface area contributed by atoms with E-state index in [4.69, 9.17) is 0 Å². The molecular formula is C34H34Br2N8. The van der Waals surface area contributed by atoms with E-state index in [0.717, 1.165) is 44.5 Å². The molecule has 0 unspecified atom stereocenters. The van der Waals surface area contributed by atoms with Gasteiger partial charge in [0.25, 0.3) is 0 Å². The summed E-state index contributed by atoms with van der Waals surface area (Å²) in [7, 11) is 4.13. The van der Waals surface area contributed by atoms with Gasteiger partial charge in [0.1, 0.15) is 24.7 Å². The second-order valence-corrected chi connectivity index (χ2v) is 12.3. The molecule has 0 N–H and O–H groups in total. The van der Waals surface area contributed by atoms with Crippen LogP contribution in [0.5, 0.6) is 0 Å². The second kappa shape index (κ2) is 15.7. The van der Waals surface area contributed by atoms with Crippen molar-refractivity contribution in [1.29, 1.82) is 0 Å². The fourth-order valence-electron chi connectivity index (χ4n) is 4.55. The van der Waals surface area contributed by atoms with Crippen LogP contribution in [0, 0.1) is 0 Å². The van der Waals surface area contributed by atoms with Gasteiger partial charge in [-0.05, 0) is 49.5 Å². The molecule has 2 heterocycles. The van der Waals surface area contributed by atoms with E-state index in [2.05, 4.69) is 125 Å². The Morgan fingerprint density at radius 3 is 1.25 bits per heavy atom. The SMILES string of the molecule is CN(Cc1ccc(Br)cc1)Cn1ncc(-c2ccccc2)n1.CN(Cc1ccc(Br)cc1)Cn1ncc(-c2ccccc2)n1. The first-order valence-corrected chi connectivity index (χ1v) is 15.8. The summed E-state index contributed by atoms with van der Waals surface area (Å²) in [5.41, 5.74) is 6.51. The molecule has 6 rings (SSSR count). The minimum Gasteiger partial charge on any atom is -0.282 e. The molecule has 8 nitrogen and oxygen atoms in total. The Morgan fingerprint density at radius 1 is 0.523 bits per heavy atom. The normalized spacial score (nSPS) is 11.0. The van der Waals surface area contributed by atoms with Crippen LogP contribution in [0.15, 0.2) is 131 Å². The van der Waals surface area contributed by atoms with Crippen LogP contribution in [0.4, 0.5) is 0 Å². The van der Waals surface area contributed by atoms with Gasteiger partial charge in [0.2, 0.25) is 0 Å². The highest BCUT2D eigenvalue weighted by molar-refractivity contribution is 9.10. The lowest BCUT2D eigenvalue weighted by Crippen LogP contribution is -2.23. The summed E-state index contributed by atoms with van der Waals surface area (Å²) in [5.74, 6) is 0. The monoisotopic (exact) mass is 712 g/mol. The van der Waals surface area contributed by atoms with Crippen LogP contribution in [-0.4, -0.2) is 53.9 Å². The zero-order chi connectivity index (χ0) is 30.7. The van der Waals surface area contributed by atoms with Crippen LogP contribution in [-0.2, 0) is 26.4 Å². The van der Waals surface area contributed by atoms with Gasteiger partial charge in [-0.1, -0.05) is 117 Å². The van der Waals surface area contributed by atoms with Crippen molar-refractivity contribution in [3.05, 3.63) is 142 Å². The third-order valence-electron chi connectivity index (χ3n) is 6.68. The number of nitrogens with zero attached hydrogens (tertiary/aromatic N) is 8. The van der Waals surface area contributed by atoms with Crippen molar-refractivity contribution >= 4 is 31.9 Å². The minimum absolute atomic E-state index is 0.656. The molecule has 2 aromatic heterocycles. The number of hydrogen-bond donors (Lipinski definition) is 0. The standard InChI is InChI=1S/2C17H17BrN4/c2*1-21(12-14-7-9-16(18)10-8-14)13-22-19-11-17(20-22)15-5-3-2-4-6-15/h2*2-11H,12-13H2,1H3. The van der Waals surface area contributed by atoms with Gasteiger partial charge in [0, 0.05) is 33.2 Å². The summed E-state index contributed by atoms with van der Waals surface area (Å²) in [6, 6.07) is 36.9. The van der Waals surface area contributed by atoms with Crippen LogP contribution in [0.1, 0.15) is 11.1 Å². The fourth-order valence-corrected chi connectivity index (χ4v) is 5.08. The van der Waals surface area contributed by atoms with Crippen LogP contribution in [0.3, 0.4) is 0 Å². The van der Waals surface area contributed by atoms with E-state index in [1.54, 1.807) is 9.59 Å². The molecule has 0 aliphatic heterocycles. The molecule has 0 aliphatic rings. The Hall–Kier alpha value is -3.96. The lowest BCUT2D eigenvalue weighted by atomic mass is 10.2. The number of benzene rings is 4. The van der Waals surface area contributed by atoms with E-state index in [0.29, 0.717) is 13.3 Å². The van der Waals surface area contributed by atoms with Gasteiger partial charge >= 0.3 is 0 Å².